The Bertz CT molecular complexity index is 289. The van der Waals surface area contributed by atoms with Crippen LogP contribution in [0.3, 0.4) is 0 Å². The highest BCUT2D eigenvalue weighted by atomic mass is 127. The summed E-state index contributed by atoms with van der Waals surface area (Å²) >= 11 is 2.42. The maximum atomic E-state index is 9.59. The Morgan fingerprint density at radius 3 is 2.05 bits per heavy atom. The third kappa shape index (κ3) is 5.30. The molecule has 22 heavy (non-hydrogen) atoms. The van der Waals surface area contributed by atoms with Crippen molar-refractivity contribution in [3.63, 3.8) is 0 Å². The third-order valence-electron chi connectivity index (χ3n) is 5.64. The summed E-state index contributed by atoms with van der Waals surface area (Å²) in [5.74, 6) is 0.853. The van der Waals surface area contributed by atoms with E-state index in [1.807, 2.05) is 0 Å². The van der Waals surface area contributed by atoms with Crippen LogP contribution in [0.15, 0.2) is 0 Å². The second kappa shape index (κ2) is 8.60. The SMILES string of the molecule is OC1CCN(CC2CCC(OC3CCN(I)CC3)CC2)CC1. The molecule has 128 valence electrons. The number of piperidine rings is 2. The Kier molecular flexibility index (Phi) is 6.80. The van der Waals surface area contributed by atoms with Crippen LogP contribution in [-0.4, -0.2) is 64.2 Å². The minimum atomic E-state index is -0.0469. The number of ether oxygens (including phenoxy) is 1. The van der Waals surface area contributed by atoms with Crippen molar-refractivity contribution in [3.05, 3.63) is 0 Å². The van der Waals surface area contributed by atoms with Crippen LogP contribution in [0.25, 0.3) is 0 Å². The van der Waals surface area contributed by atoms with Crippen LogP contribution in [0.2, 0.25) is 0 Å². The lowest BCUT2D eigenvalue weighted by molar-refractivity contribution is -0.0546. The molecule has 4 nitrogen and oxygen atoms in total. The van der Waals surface area contributed by atoms with Gasteiger partial charge in [-0.15, -0.1) is 0 Å². The van der Waals surface area contributed by atoms with E-state index < -0.39 is 0 Å². The zero-order chi connectivity index (χ0) is 15.4. The molecule has 0 aromatic carbocycles. The second-order valence-corrected chi connectivity index (χ2v) is 8.78. The molecular weight excluding hydrogens is 391 g/mol. The van der Waals surface area contributed by atoms with Crippen molar-refractivity contribution >= 4 is 22.9 Å². The average molecular weight is 422 g/mol. The fraction of sp³-hybridized carbons (Fsp3) is 1.00. The third-order valence-corrected chi connectivity index (χ3v) is 6.60. The van der Waals surface area contributed by atoms with Gasteiger partial charge in [0.05, 0.1) is 18.3 Å². The van der Waals surface area contributed by atoms with Gasteiger partial charge >= 0.3 is 0 Å². The van der Waals surface area contributed by atoms with Crippen LogP contribution >= 0.6 is 22.9 Å². The zero-order valence-electron chi connectivity index (χ0n) is 13.6. The van der Waals surface area contributed by atoms with E-state index in [-0.39, 0.29) is 6.10 Å². The highest BCUT2D eigenvalue weighted by Crippen LogP contribution is 2.30. The number of aliphatic hydroxyl groups is 1. The topological polar surface area (TPSA) is 35.9 Å². The van der Waals surface area contributed by atoms with Crippen molar-refractivity contribution < 1.29 is 9.84 Å². The molecule has 2 heterocycles. The molecule has 3 fully saturated rings. The van der Waals surface area contributed by atoms with E-state index in [9.17, 15) is 5.11 Å². The predicted molar refractivity (Wildman–Crippen MR) is 97.1 cm³/mol. The first-order valence-electron chi connectivity index (χ1n) is 9.15. The molecule has 1 saturated carbocycles. The van der Waals surface area contributed by atoms with Gasteiger partial charge in [-0.2, -0.15) is 0 Å². The zero-order valence-corrected chi connectivity index (χ0v) is 15.8. The molecule has 0 bridgehead atoms. The Morgan fingerprint density at radius 2 is 1.41 bits per heavy atom. The van der Waals surface area contributed by atoms with Crippen LogP contribution < -0.4 is 0 Å². The average Bonchev–Trinajstić information content (AvgIpc) is 2.54. The number of likely N-dealkylation sites (tertiary alicyclic amines) is 1. The molecule has 5 heteroatoms. The lowest BCUT2D eigenvalue weighted by Gasteiger charge is -2.37. The largest absolute Gasteiger partial charge is 0.393 e. The maximum absolute atomic E-state index is 9.59. The summed E-state index contributed by atoms with van der Waals surface area (Å²) in [5, 5.41) is 9.59. The highest BCUT2D eigenvalue weighted by Gasteiger charge is 2.28. The highest BCUT2D eigenvalue weighted by molar-refractivity contribution is 14.1. The van der Waals surface area contributed by atoms with E-state index in [0.717, 1.165) is 31.8 Å². The molecule has 0 amide bonds. The summed E-state index contributed by atoms with van der Waals surface area (Å²) in [6.07, 6.45) is 10.5. The Morgan fingerprint density at radius 1 is 0.818 bits per heavy atom. The van der Waals surface area contributed by atoms with Crippen molar-refractivity contribution in [1.82, 2.24) is 8.01 Å². The summed E-state index contributed by atoms with van der Waals surface area (Å²) in [6, 6.07) is 0. The molecule has 2 saturated heterocycles. The van der Waals surface area contributed by atoms with Gasteiger partial charge in [0.2, 0.25) is 0 Å². The van der Waals surface area contributed by atoms with Crippen LogP contribution in [0, 0.1) is 5.92 Å². The van der Waals surface area contributed by atoms with E-state index in [1.54, 1.807) is 0 Å². The lowest BCUT2D eigenvalue weighted by atomic mass is 9.86. The van der Waals surface area contributed by atoms with Crippen LogP contribution in [-0.2, 0) is 4.74 Å². The van der Waals surface area contributed by atoms with Gasteiger partial charge in [-0.25, -0.2) is 3.11 Å². The van der Waals surface area contributed by atoms with Crippen molar-refractivity contribution in [1.29, 1.82) is 0 Å². The van der Waals surface area contributed by atoms with Crippen molar-refractivity contribution in [2.45, 2.75) is 69.7 Å². The van der Waals surface area contributed by atoms with E-state index in [0.29, 0.717) is 12.2 Å². The Balaban J connectivity index is 1.32. The van der Waals surface area contributed by atoms with Gasteiger partial charge in [-0.1, -0.05) is 0 Å². The van der Waals surface area contributed by atoms with Gasteiger partial charge in [0.1, 0.15) is 0 Å². The smallest absolute Gasteiger partial charge is 0.0603 e. The summed E-state index contributed by atoms with van der Waals surface area (Å²) in [4.78, 5) is 2.56. The number of aliphatic hydroxyl groups excluding tert-OH is 1. The monoisotopic (exact) mass is 422 g/mol. The molecule has 0 atom stereocenters. The first-order valence-corrected chi connectivity index (χ1v) is 10.1. The number of nitrogens with zero attached hydrogens (tertiary/aromatic N) is 2. The fourth-order valence-corrected chi connectivity index (χ4v) is 4.71. The van der Waals surface area contributed by atoms with Crippen molar-refractivity contribution in [2.24, 2.45) is 5.92 Å². The van der Waals surface area contributed by atoms with Crippen LogP contribution in [0.4, 0.5) is 0 Å². The molecular formula is C17H31IN2O2. The molecule has 2 aliphatic heterocycles. The van der Waals surface area contributed by atoms with E-state index in [1.165, 1.54) is 58.2 Å². The first kappa shape index (κ1) is 17.4. The summed E-state index contributed by atoms with van der Waals surface area (Å²) in [7, 11) is 0. The van der Waals surface area contributed by atoms with Crippen LogP contribution in [0.1, 0.15) is 51.4 Å². The fourth-order valence-electron chi connectivity index (χ4n) is 4.15. The normalized spacial score (nSPS) is 34.1. The quantitative estimate of drug-likeness (QED) is 0.559. The molecule has 1 N–H and O–H groups in total. The lowest BCUT2D eigenvalue weighted by Crippen LogP contribution is -2.40. The summed E-state index contributed by atoms with van der Waals surface area (Å²) in [5.41, 5.74) is 0. The molecule has 0 aromatic rings. The minimum Gasteiger partial charge on any atom is -0.393 e. The molecule has 0 unspecified atom stereocenters. The summed E-state index contributed by atoms with van der Waals surface area (Å²) < 4.78 is 8.74. The van der Waals surface area contributed by atoms with Gasteiger partial charge in [-0.3, -0.25) is 0 Å². The predicted octanol–water partition coefficient (Wildman–Crippen LogP) is 2.83. The van der Waals surface area contributed by atoms with E-state index >= 15 is 0 Å². The molecule has 0 spiro atoms. The van der Waals surface area contributed by atoms with Crippen LogP contribution in [0.5, 0.6) is 0 Å². The standard InChI is InChI=1S/C17H31IN2O2/c18-20-11-7-17(8-12-20)22-16-3-1-14(2-4-16)13-19-9-5-15(21)6-10-19/h14-17,21H,1-13H2. The molecule has 3 aliphatic rings. The molecule has 0 aromatic heterocycles. The number of rotatable bonds is 4. The van der Waals surface area contributed by atoms with E-state index in [2.05, 4.69) is 30.9 Å². The van der Waals surface area contributed by atoms with Gasteiger partial charge in [-0.05, 0) is 57.3 Å². The Labute approximate surface area is 149 Å². The first-order chi connectivity index (χ1) is 10.7. The molecule has 3 rings (SSSR count). The summed E-state index contributed by atoms with van der Waals surface area (Å²) in [6.45, 7) is 5.79. The minimum absolute atomic E-state index is 0.0469. The van der Waals surface area contributed by atoms with Gasteiger partial charge in [0.25, 0.3) is 0 Å². The number of halogens is 1. The Hall–Kier alpha value is 0.570. The van der Waals surface area contributed by atoms with Crippen molar-refractivity contribution in [2.75, 3.05) is 32.7 Å². The van der Waals surface area contributed by atoms with Gasteiger partial charge < -0.3 is 14.7 Å². The maximum Gasteiger partial charge on any atom is 0.0603 e. The molecule has 1 aliphatic carbocycles. The van der Waals surface area contributed by atoms with Gasteiger partial charge in [0, 0.05) is 55.6 Å². The molecule has 0 radical (unpaired) electrons. The van der Waals surface area contributed by atoms with Crippen molar-refractivity contribution in [3.8, 4) is 0 Å². The number of hydrogen-bond acceptors (Lipinski definition) is 4. The van der Waals surface area contributed by atoms with E-state index in [4.69, 9.17) is 4.74 Å². The second-order valence-electron chi connectivity index (χ2n) is 7.42. The van der Waals surface area contributed by atoms with Gasteiger partial charge in [0.15, 0.2) is 0 Å². The number of hydrogen-bond donors (Lipinski definition) is 1.